The molecule has 0 unspecified atom stereocenters. The summed E-state index contributed by atoms with van der Waals surface area (Å²) in [4.78, 5) is 26.5. The van der Waals surface area contributed by atoms with Crippen LogP contribution in [0.4, 0.5) is 5.95 Å². The van der Waals surface area contributed by atoms with Crippen LogP contribution in [0.3, 0.4) is 0 Å². The predicted molar refractivity (Wildman–Crippen MR) is 129 cm³/mol. The normalized spacial score (nSPS) is 16.0. The number of likely N-dealkylation sites (tertiary alicyclic amines) is 1. The summed E-state index contributed by atoms with van der Waals surface area (Å²) in [5.41, 5.74) is 4.90. The monoisotopic (exact) mass is 448 g/mol. The number of amides is 1. The smallest absolute Gasteiger partial charge is 0.244 e. The Hall–Kier alpha value is -3.42. The number of methoxy groups -OCH3 is 1. The van der Waals surface area contributed by atoms with Crippen molar-refractivity contribution < 1.29 is 9.53 Å². The fourth-order valence-corrected chi connectivity index (χ4v) is 4.41. The van der Waals surface area contributed by atoms with Crippen molar-refractivity contribution in [2.45, 2.75) is 39.2 Å². The quantitative estimate of drug-likeness (QED) is 0.575. The molecule has 1 aliphatic rings. The van der Waals surface area contributed by atoms with Crippen molar-refractivity contribution in [3.8, 4) is 16.9 Å². The van der Waals surface area contributed by atoms with E-state index in [0.717, 1.165) is 53.3 Å². The third-order valence-corrected chi connectivity index (χ3v) is 6.14. The third-order valence-electron chi connectivity index (χ3n) is 6.14. The minimum Gasteiger partial charge on any atom is -0.497 e. The zero-order valence-corrected chi connectivity index (χ0v) is 20.1. The molecule has 3 heterocycles. The van der Waals surface area contributed by atoms with Crippen LogP contribution in [0, 0.1) is 13.8 Å². The lowest BCUT2D eigenvalue weighted by molar-refractivity contribution is -0.133. The number of carbonyl (C=O) groups excluding carboxylic acids is 1. The van der Waals surface area contributed by atoms with E-state index < -0.39 is 0 Å². The Kier molecular flexibility index (Phi) is 6.62. The van der Waals surface area contributed by atoms with Crippen molar-refractivity contribution in [2.75, 3.05) is 39.2 Å². The van der Waals surface area contributed by atoms with E-state index in [1.807, 2.05) is 68.2 Å². The summed E-state index contributed by atoms with van der Waals surface area (Å²) in [5, 5.41) is 4.45. The number of rotatable bonds is 6. The molecule has 4 rings (SSSR count). The highest BCUT2D eigenvalue weighted by Gasteiger charge is 2.29. The van der Waals surface area contributed by atoms with E-state index in [9.17, 15) is 4.79 Å². The molecule has 174 valence electrons. The maximum atomic E-state index is 13.1. The Morgan fingerprint density at radius 3 is 2.76 bits per heavy atom. The van der Waals surface area contributed by atoms with Crippen LogP contribution in [0.2, 0.25) is 0 Å². The predicted octanol–water partition coefficient (Wildman–Crippen LogP) is 3.44. The molecule has 8 nitrogen and oxygen atoms in total. The standard InChI is InChI=1S/C25H32N6O2/c1-17-12-18(2)31(28-17)16-23(32)30-11-7-9-20(15-30)24-22(14-26-25(27-24)29(3)4)19-8-6-10-21(13-19)33-5/h6,8,10,12-14,20H,7,9,11,15-16H2,1-5H3/t20-/m1/s1. The second kappa shape index (κ2) is 9.60. The molecular weight excluding hydrogens is 416 g/mol. The number of hydrogen-bond donors (Lipinski definition) is 0. The highest BCUT2D eigenvalue weighted by atomic mass is 16.5. The van der Waals surface area contributed by atoms with Gasteiger partial charge in [0.05, 0.1) is 18.5 Å². The van der Waals surface area contributed by atoms with Crippen LogP contribution in [-0.4, -0.2) is 64.9 Å². The van der Waals surface area contributed by atoms with Crippen molar-refractivity contribution >= 4 is 11.9 Å². The third kappa shape index (κ3) is 4.99. The number of nitrogens with zero attached hydrogens (tertiary/aromatic N) is 6. The van der Waals surface area contributed by atoms with Crippen LogP contribution in [0.5, 0.6) is 5.75 Å². The zero-order chi connectivity index (χ0) is 23.5. The summed E-state index contributed by atoms with van der Waals surface area (Å²) in [6, 6.07) is 9.96. The summed E-state index contributed by atoms with van der Waals surface area (Å²) < 4.78 is 7.22. The number of aromatic nitrogens is 4. The van der Waals surface area contributed by atoms with Crippen LogP contribution in [-0.2, 0) is 11.3 Å². The van der Waals surface area contributed by atoms with E-state index in [4.69, 9.17) is 9.72 Å². The van der Waals surface area contributed by atoms with Crippen LogP contribution in [0.15, 0.2) is 36.5 Å². The molecule has 0 radical (unpaired) electrons. The van der Waals surface area contributed by atoms with Gasteiger partial charge in [-0.15, -0.1) is 0 Å². The first kappa shape index (κ1) is 22.8. The van der Waals surface area contributed by atoms with Gasteiger partial charge in [-0.25, -0.2) is 9.97 Å². The van der Waals surface area contributed by atoms with Gasteiger partial charge in [0.2, 0.25) is 11.9 Å². The highest BCUT2D eigenvalue weighted by molar-refractivity contribution is 5.76. The molecule has 1 saturated heterocycles. The molecule has 2 aromatic heterocycles. The number of hydrogen-bond acceptors (Lipinski definition) is 6. The first-order valence-corrected chi connectivity index (χ1v) is 11.3. The van der Waals surface area contributed by atoms with Gasteiger partial charge in [0.1, 0.15) is 12.3 Å². The molecule has 1 aliphatic heterocycles. The Labute approximate surface area is 195 Å². The van der Waals surface area contributed by atoms with Gasteiger partial charge in [0.25, 0.3) is 0 Å². The summed E-state index contributed by atoms with van der Waals surface area (Å²) in [7, 11) is 5.55. The lowest BCUT2D eigenvalue weighted by Crippen LogP contribution is -2.41. The second-order valence-corrected chi connectivity index (χ2v) is 8.86. The van der Waals surface area contributed by atoms with E-state index in [0.29, 0.717) is 12.5 Å². The van der Waals surface area contributed by atoms with Gasteiger partial charge in [-0.1, -0.05) is 12.1 Å². The topological polar surface area (TPSA) is 76.4 Å². The van der Waals surface area contributed by atoms with Crippen molar-refractivity contribution in [1.82, 2.24) is 24.6 Å². The first-order valence-electron chi connectivity index (χ1n) is 11.3. The van der Waals surface area contributed by atoms with E-state index in [1.54, 1.807) is 11.8 Å². The number of ether oxygens (including phenoxy) is 1. The van der Waals surface area contributed by atoms with Crippen molar-refractivity contribution in [2.24, 2.45) is 0 Å². The number of anilines is 1. The van der Waals surface area contributed by atoms with Gasteiger partial charge in [-0.2, -0.15) is 5.10 Å². The van der Waals surface area contributed by atoms with Crippen molar-refractivity contribution in [3.05, 3.63) is 53.6 Å². The number of carbonyl (C=O) groups is 1. The first-order chi connectivity index (χ1) is 15.9. The highest BCUT2D eigenvalue weighted by Crippen LogP contribution is 2.35. The Morgan fingerprint density at radius 2 is 2.06 bits per heavy atom. The molecule has 1 fully saturated rings. The molecule has 1 amide bonds. The molecular formula is C25H32N6O2. The fraction of sp³-hybridized carbons (Fsp3) is 0.440. The van der Waals surface area contributed by atoms with Gasteiger partial charge in [0.15, 0.2) is 0 Å². The van der Waals surface area contributed by atoms with E-state index in [1.165, 1.54) is 0 Å². The Balaban J connectivity index is 1.63. The molecule has 0 aliphatic carbocycles. The van der Waals surface area contributed by atoms with Gasteiger partial charge in [-0.3, -0.25) is 9.48 Å². The zero-order valence-electron chi connectivity index (χ0n) is 20.1. The maximum absolute atomic E-state index is 13.1. The van der Waals surface area contributed by atoms with Gasteiger partial charge in [0, 0.05) is 50.6 Å². The maximum Gasteiger partial charge on any atom is 0.244 e. The van der Waals surface area contributed by atoms with Gasteiger partial charge in [-0.05, 0) is 50.5 Å². The van der Waals surface area contributed by atoms with E-state index >= 15 is 0 Å². The minimum absolute atomic E-state index is 0.0933. The minimum atomic E-state index is 0.0933. The van der Waals surface area contributed by atoms with Crippen LogP contribution < -0.4 is 9.64 Å². The molecule has 8 heteroatoms. The summed E-state index contributed by atoms with van der Waals surface area (Å²) in [5.74, 6) is 1.69. The summed E-state index contributed by atoms with van der Waals surface area (Å²) >= 11 is 0. The molecule has 1 aromatic carbocycles. The molecule has 0 saturated carbocycles. The van der Waals surface area contributed by atoms with Crippen molar-refractivity contribution in [3.63, 3.8) is 0 Å². The average molecular weight is 449 g/mol. The molecule has 33 heavy (non-hydrogen) atoms. The Bertz CT molecular complexity index is 1140. The molecule has 1 atom stereocenters. The van der Waals surface area contributed by atoms with Crippen molar-refractivity contribution in [1.29, 1.82) is 0 Å². The molecule has 0 N–H and O–H groups in total. The molecule has 0 bridgehead atoms. The second-order valence-electron chi connectivity index (χ2n) is 8.86. The lowest BCUT2D eigenvalue weighted by atomic mass is 9.90. The number of piperidine rings is 1. The Morgan fingerprint density at radius 1 is 1.24 bits per heavy atom. The summed E-state index contributed by atoms with van der Waals surface area (Å²) in [6.07, 6.45) is 3.81. The van der Waals surface area contributed by atoms with Gasteiger partial charge >= 0.3 is 0 Å². The molecule has 3 aromatic rings. The van der Waals surface area contributed by atoms with Gasteiger partial charge < -0.3 is 14.5 Å². The lowest BCUT2D eigenvalue weighted by Gasteiger charge is -2.33. The SMILES string of the molecule is COc1cccc(-c2cnc(N(C)C)nc2[C@@H]2CCCN(C(=O)Cn3nc(C)cc3C)C2)c1. The fourth-order valence-electron chi connectivity index (χ4n) is 4.41. The van der Waals surface area contributed by atoms with E-state index in [2.05, 4.69) is 16.1 Å². The van der Waals surface area contributed by atoms with Crippen LogP contribution in [0.1, 0.15) is 35.8 Å². The van der Waals surface area contributed by atoms with Crippen LogP contribution >= 0.6 is 0 Å². The van der Waals surface area contributed by atoms with Crippen LogP contribution in [0.25, 0.3) is 11.1 Å². The largest absolute Gasteiger partial charge is 0.497 e. The van der Waals surface area contributed by atoms with E-state index in [-0.39, 0.29) is 18.4 Å². The number of benzene rings is 1. The molecule has 0 spiro atoms. The number of aryl methyl sites for hydroxylation is 2. The summed E-state index contributed by atoms with van der Waals surface area (Å²) in [6.45, 7) is 5.59. The average Bonchev–Trinajstić information content (AvgIpc) is 3.14.